The third-order valence-electron chi connectivity index (χ3n) is 4.59. The van der Waals surface area contributed by atoms with Crippen LogP contribution in [-0.4, -0.2) is 35.3 Å². The number of carbonyl (C=O) groups excluding carboxylic acids is 3. The Morgan fingerprint density at radius 3 is 2.33 bits per heavy atom. The molecule has 0 unspecified atom stereocenters. The molecule has 1 aliphatic rings. The van der Waals surface area contributed by atoms with E-state index in [4.69, 9.17) is 0 Å². The van der Waals surface area contributed by atoms with Crippen LogP contribution in [0.3, 0.4) is 0 Å². The van der Waals surface area contributed by atoms with Crippen LogP contribution in [0.1, 0.15) is 38.8 Å². The minimum Gasteiger partial charge on any atom is -0.352 e. The third kappa shape index (κ3) is 3.42. The molecule has 6 heteroatoms. The average Bonchev–Trinajstić information content (AvgIpc) is 2.72. The Morgan fingerprint density at radius 2 is 1.79 bits per heavy atom. The van der Waals surface area contributed by atoms with Gasteiger partial charge in [-0.1, -0.05) is 43.7 Å². The molecule has 1 saturated heterocycles. The molecule has 0 radical (unpaired) electrons. The molecule has 0 bridgehead atoms. The molecular weight excluding hydrogens is 306 g/mol. The van der Waals surface area contributed by atoms with E-state index < -0.39 is 17.5 Å². The average molecular weight is 331 g/mol. The molecule has 0 aliphatic carbocycles. The highest BCUT2D eigenvalue weighted by Gasteiger charge is 2.49. The topological polar surface area (TPSA) is 78.5 Å². The monoisotopic (exact) mass is 331 g/mol. The van der Waals surface area contributed by atoms with E-state index in [1.54, 1.807) is 6.92 Å². The van der Waals surface area contributed by atoms with E-state index in [1.165, 1.54) is 0 Å². The van der Waals surface area contributed by atoms with Crippen LogP contribution < -0.4 is 10.6 Å². The predicted octanol–water partition coefficient (Wildman–Crippen LogP) is 1.92. The molecule has 2 atom stereocenters. The number of hydrogen-bond donors (Lipinski definition) is 2. The Balaban J connectivity index is 2.14. The predicted molar refractivity (Wildman–Crippen MR) is 91.2 cm³/mol. The van der Waals surface area contributed by atoms with Gasteiger partial charge >= 0.3 is 6.03 Å². The molecule has 1 fully saturated rings. The zero-order chi connectivity index (χ0) is 18.1. The second-order valence-corrected chi connectivity index (χ2v) is 6.91. The number of carbonyl (C=O) groups is 3. The highest BCUT2D eigenvalue weighted by atomic mass is 16.2. The lowest BCUT2D eigenvalue weighted by molar-refractivity contribution is -0.135. The number of nitrogens with zero attached hydrogens (tertiary/aromatic N) is 1. The van der Waals surface area contributed by atoms with Crippen molar-refractivity contribution < 1.29 is 14.4 Å². The summed E-state index contributed by atoms with van der Waals surface area (Å²) in [6.45, 7) is 9.22. The molecule has 2 N–H and O–H groups in total. The van der Waals surface area contributed by atoms with Crippen LogP contribution in [0.5, 0.6) is 0 Å². The normalized spacial score (nSPS) is 21.8. The van der Waals surface area contributed by atoms with Gasteiger partial charge in [-0.15, -0.1) is 0 Å². The highest BCUT2D eigenvalue weighted by molar-refractivity contribution is 6.09. The van der Waals surface area contributed by atoms with E-state index >= 15 is 0 Å². The summed E-state index contributed by atoms with van der Waals surface area (Å²) < 4.78 is 0. The molecule has 1 aliphatic heterocycles. The van der Waals surface area contributed by atoms with Crippen molar-refractivity contribution in [2.75, 3.05) is 6.54 Å². The first kappa shape index (κ1) is 18.0. The fourth-order valence-electron chi connectivity index (χ4n) is 2.53. The molecule has 1 heterocycles. The van der Waals surface area contributed by atoms with E-state index in [0.717, 1.165) is 10.5 Å². The van der Waals surface area contributed by atoms with Gasteiger partial charge in [0.25, 0.3) is 5.91 Å². The summed E-state index contributed by atoms with van der Waals surface area (Å²) in [7, 11) is 0. The lowest BCUT2D eigenvalue weighted by atomic mass is 9.91. The Bertz CT molecular complexity index is 654. The van der Waals surface area contributed by atoms with Crippen molar-refractivity contribution in [3.63, 3.8) is 0 Å². The second kappa shape index (κ2) is 6.63. The first-order valence-corrected chi connectivity index (χ1v) is 8.15. The zero-order valence-corrected chi connectivity index (χ0v) is 14.8. The molecule has 6 nitrogen and oxygen atoms in total. The lowest BCUT2D eigenvalue weighted by Crippen LogP contribution is -2.46. The fourth-order valence-corrected chi connectivity index (χ4v) is 2.53. The van der Waals surface area contributed by atoms with Crippen molar-refractivity contribution in [1.82, 2.24) is 15.5 Å². The molecular formula is C18H25N3O3. The largest absolute Gasteiger partial charge is 0.352 e. The van der Waals surface area contributed by atoms with Gasteiger partial charge in [0, 0.05) is 6.04 Å². The molecule has 1 aromatic rings. The second-order valence-electron chi connectivity index (χ2n) is 6.91. The highest BCUT2D eigenvalue weighted by Crippen LogP contribution is 2.28. The molecule has 0 saturated carbocycles. The summed E-state index contributed by atoms with van der Waals surface area (Å²) in [4.78, 5) is 38.0. The molecule has 24 heavy (non-hydrogen) atoms. The maximum absolute atomic E-state index is 12.7. The number of rotatable bonds is 5. The van der Waals surface area contributed by atoms with Gasteiger partial charge in [0.1, 0.15) is 12.1 Å². The molecule has 130 valence electrons. The van der Waals surface area contributed by atoms with Gasteiger partial charge in [0.15, 0.2) is 0 Å². The Labute approximate surface area is 142 Å². The number of urea groups is 1. The third-order valence-corrected chi connectivity index (χ3v) is 4.59. The van der Waals surface area contributed by atoms with Crippen molar-refractivity contribution in [3.05, 3.63) is 35.4 Å². The maximum Gasteiger partial charge on any atom is 0.325 e. The van der Waals surface area contributed by atoms with Gasteiger partial charge in [0.2, 0.25) is 5.91 Å². The van der Waals surface area contributed by atoms with Crippen molar-refractivity contribution in [1.29, 1.82) is 0 Å². The maximum atomic E-state index is 12.7. The zero-order valence-electron chi connectivity index (χ0n) is 14.8. The standard InChI is InChI=1S/C18H25N3O3/c1-11(2)13(4)19-15(22)10-21-16(23)18(5,20-17(21)24)14-8-6-12(3)7-9-14/h6-9,11,13H,10H2,1-5H3,(H,19,22)(H,20,24)/t13-,18+/m0/s1. The van der Waals surface area contributed by atoms with Gasteiger partial charge in [-0.05, 0) is 32.3 Å². The van der Waals surface area contributed by atoms with Gasteiger partial charge in [0.05, 0.1) is 0 Å². The number of nitrogens with one attached hydrogen (secondary N) is 2. The number of benzene rings is 1. The quantitative estimate of drug-likeness (QED) is 0.809. The smallest absolute Gasteiger partial charge is 0.325 e. The van der Waals surface area contributed by atoms with Crippen LogP contribution in [0.25, 0.3) is 0 Å². The summed E-state index contributed by atoms with van der Waals surface area (Å²) in [5.74, 6) is -0.480. The lowest BCUT2D eigenvalue weighted by Gasteiger charge is -2.23. The summed E-state index contributed by atoms with van der Waals surface area (Å²) in [5, 5.41) is 5.51. The van der Waals surface area contributed by atoms with Crippen LogP contribution in [-0.2, 0) is 15.1 Å². The molecule has 0 spiro atoms. The first-order valence-electron chi connectivity index (χ1n) is 8.15. The minimum absolute atomic E-state index is 0.0262. The van der Waals surface area contributed by atoms with Crippen molar-refractivity contribution in [3.8, 4) is 0 Å². The summed E-state index contributed by atoms with van der Waals surface area (Å²) >= 11 is 0. The van der Waals surface area contributed by atoms with Crippen LogP contribution in [0, 0.1) is 12.8 Å². The Morgan fingerprint density at radius 1 is 1.21 bits per heavy atom. The summed E-state index contributed by atoms with van der Waals surface area (Å²) in [6.07, 6.45) is 0. The summed E-state index contributed by atoms with van der Waals surface area (Å²) in [5.41, 5.74) is 0.622. The minimum atomic E-state index is -1.14. The number of imide groups is 1. The van der Waals surface area contributed by atoms with Gasteiger partial charge in [-0.3, -0.25) is 14.5 Å². The van der Waals surface area contributed by atoms with E-state index in [1.807, 2.05) is 52.0 Å². The van der Waals surface area contributed by atoms with E-state index in [9.17, 15) is 14.4 Å². The van der Waals surface area contributed by atoms with Gasteiger partial charge in [-0.2, -0.15) is 0 Å². The van der Waals surface area contributed by atoms with Crippen LogP contribution >= 0.6 is 0 Å². The molecule has 1 aromatic carbocycles. The van der Waals surface area contributed by atoms with Gasteiger partial charge < -0.3 is 10.6 Å². The Hall–Kier alpha value is -2.37. The van der Waals surface area contributed by atoms with Gasteiger partial charge in [-0.25, -0.2) is 4.79 Å². The Kier molecular flexibility index (Phi) is 4.96. The number of aryl methyl sites for hydroxylation is 1. The summed E-state index contributed by atoms with van der Waals surface area (Å²) in [6, 6.07) is 6.84. The van der Waals surface area contributed by atoms with E-state index in [2.05, 4.69) is 10.6 Å². The number of hydrogen-bond acceptors (Lipinski definition) is 3. The number of amides is 4. The van der Waals surface area contributed by atoms with Crippen LogP contribution in [0.4, 0.5) is 4.79 Å². The molecule has 2 rings (SSSR count). The fraction of sp³-hybridized carbons (Fsp3) is 0.500. The van der Waals surface area contributed by atoms with E-state index in [-0.39, 0.29) is 24.4 Å². The molecule has 4 amide bonds. The van der Waals surface area contributed by atoms with Crippen molar-refractivity contribution in [2.24, 2.45) is 5.92 Å². The van der Waals surface area contributed by atoms with Crippen LogP contribution in [0.2, 0.25) is 0 Å². The molecule has 0 aromatic heterocycles. The first-order chi connectivity index (χ1) is 11.1. The van der Waals surface area contributed by atoms with Crippen molar-refractivity contribution in [2.45, 2.75) is 46.2 Å². The van der Waals surface area contributed by atoms with E-state index in [0.29, 0.717) is 5.56 Å². The van der Waals surface area contributed by atoms with Crippen LogP contribution in [0.15, 0.2) is 24.3 Å². The van der Waals surface area contributed by atoms with Crippen molar-refractivity contribution >= 4 is 17.8 Å². The SMILES string of the molecule is Cc1ccc([C@@]2(C)NC(=O)N(CC(=O)N[C@@H](C)C(C)C)C2=O)cc1.